The van der Waals surface area contributed by atoms with Gasteiger partial charge in [-0.25, -0.2) is 4.79 Å². The average Bonchev–Trinajstić information content (AvgIpc) is 2.60. The fourth-order valence-electron chi connectivity index (χ4n) is 2.66. The van der Waals surface area contributed by atoms with Gasteiger partial charge in [-0.1, -0.05) is 12.1 Å². The molecule has 26 heavy (non-hydrogen) atoms. The molecule has 1 N–H and O–H groups in total. The number of ether oxygens (including phenoxy) is 2. The van der Waals surface area contributed by atoms with Gasteiger partial charge in [0, 0.05) is 13.1 Å². The van der Waals surface area contributed by atoms with Crippen molar-refractivity contribution in [2.45, 2.75) is 25.9 Å². The van der Waals surface area contributed by atoms with Gasteiger partial charge in [0.05, 0.1) is 18.2 Å². The average molecular weight is 374 g/mol. The molecule has 2 amide bonds. The smallest absolute Gasteiger partial charge is 0.422 e. The van der Waals surface area contributed by atoms with Crippen LogP contribution in [0.25, 0.3) is 0 Å². The van der Waals surface area contributed by atoms with Gasteiger partial charge in [0.25, 0.3) is 0 Å². The van der Waals surface area contributed by atoms with Crippen molar-refractivity contribution < 1.29 is 32.2 Å². The van der Waals surface area contributed by atoms with E-state index in [2.05, 4.69) is 5.32 Å². The van der Waals surface area contributed by atoms with Gasteiger partial charge >= 0.3 is 12.3 Å². The largest absolute Gasteiger partial charge is 0.482 e. The Balaban J connectivity index is 2.00. The van der Waals surface area contributed by atoms with Gasteiger partial charge in [-0.05, 0) is 31.9 Å². The van der Waals surface area contributed by atoms with Gasteiger partial charge in [-0.15, -0.1) is 0 Å². The van der Waals surface area contributed by atoms with Crippen LogP contribution < -0.4 is 10.1 Å². The van der Waals surface area contributed by atoms with E-state index in [1.165, 1.54) is 23.1 Å². The van der Waals surface area contributed by atoms with Crippen molar-refractivity contribution in [3.63, 3.8) is 0 Å². The van der Waals surface area contributed by atoms with Crippen molar-refractivity contribution in [3.8, 4) is 5.75 Å². The number of likely N-dealkylation sites (tertiary alicyclic amines) is 1. The highest BCUT2D eigenvalue weighted by Crippen LogP contribution is 2.28. The number of anilines is 1. The molecule has 0 spiro atoms. The SMILES string of the molecule is CCOC(=O)N1CCCC(C(=O)Nc2ccccc2OCC(F)(F)F)C1. The van der Waals surface area contributed by atoms with Crippen LogP contribution in [0.15, 0.2) is 24.3 Å². The van der Waals surface area contributed by atoms with Crippen LogP contribution >= 0.6 is 0 Å². The molecule has 9 heteroatoms. The lowest BCUT2D eigenvalue weighted by molar-refractivity contribution is -0.153. The van der Waals surface area contributed by atoms with Gasteiger partial charge in [0.1, 0.15) is 5.75 Å². The highest BCUT2D eigenvalue weighted by atomic mass is 19.4. The van der Waals surface area contributed by atoms with E-state index in [1.54, 1.807) is 13.0 Å². The minimum absolute atomic E-state index is 0.0590. The predicted molar refractivity (Wildman–Crippen MR) is 87.9 cm³/mol. The van der Waals surface area contributed by atoms with Crippen LogP contribution in [0.2, 0.25) is 0 Å². The Labute approximate surface area is 149 Å². The molecule has 0 aliphatic carbocycles. The summed E-state index contributed by atoms with van der Waals surface area (Å²) in [5.41, 5.74) is 0.162. The van der Waals surface area contributed by atoms with E-state index in [0.29, 0.717) is 19.4 Å². The first-order chi connectivity index (χ1) is 12.3. The number of hydrogen-bond acceptors (Lipinski definition) is 4. The number of carbonyl (C=O) groups excluding carboxylic acids is 2. The molecule has 1 atom stereocenters. The molecule has 1 saturated heterocycles. The summed E-state index contributed by atoms with van der Waals surface area (Å²) in [6.07, 6.45) is -3.73. The Morgan fingerprint density at radius 2 is 2.04 bits per heavy atom. The molecule has 1 fully saturated rings. The van der Waals surface area contributed by atoms with Crippen LogP contribution in [0.1, 0.15) is 19.8 Å². The van der Waals surface area contributed by atoms with Crippen molar-refractivity contribution in [1.29, 1.82) is 0 Å². The molecule has 0 aromatic heterocycles. The quantitative estimate of drug-likeness (QED) is 0.857. The number of benzene rings is 1. The number of carbonyl (C=O) groups is 2. The number of para-hydroxylation sites is 2. The fourth-order valence-corrected chi connectivity index (χ4v) is 2.66. The predicted octanol–water partition coefficient (Wildman–Crippen LogP) is 3.43. The molecule has 1 aliphatic rings. The van der Waals surface area contributed by atoms with Crippen LogP contribution in [-0.4, -0.2) is 49.4 Å². The lowest BCUT2D eigenvalue weighted by atomic mass is 9.97. The maximum atomic E-state index is 12.5. The standard InChI is InChI=1S/C17H21F3N2O4/c1-2-25-16(24)22-9-5-6-12(10-22)15(23)21-13-7-3-4-8-14(13)26-11-17(18,19)20/h3-4,7-8,12H,2,5-6,9-11H2,1H3,(H,21,23). The maximum absolute atomic E-state index is 12.5. The van der Waals surface area contributed by atoms with Crippen molar-refractivity contribution in [2.75, 3.05) is 31.6 Å². The molecule has 144 valence electrons. The molecule has 1 heterocycles. The molecule has 0 saturated carbocycles. The van der Waals surface area contributed by atoms with E-state index in [-0.39, 0.29) is 30.5 Å². The monoisotopic (exact) mass is 374 g/mol. The zero-order chi connectivity index (χ0) is 19.2. The molecule has 1 aromatic carbocycles. The van der Waals surface area contributed by atoms with Crippen molar-refractivity contribution >= 4 is 17.7 Å². The molecule has 6 nitrogen and oxygen atoms in total. The van der Waals surface area contributed by atoms with Crippen LogP contribution in [0, 0.1) is 5.92 Å². The van der Waals surface area contributed by atoms with Gasteiger partial charge in [0.15, 0.2) is 6.61 Å². The summed E-state index contributed by atoms with van der Waals surface area (Å²) in [6.45, 7) is 1.21. The van der Waals surface area contributed by atoms with Gasteiger partial charge in [0.2, 0.25) is 5.91 Å². The summed E-state index contributed by atoms with van der Waals surface area (Å²) in [6, 6.07) is 5.93. The molecule has 2 rings (SSSR count). The molecular formula is C17H21F3N2O4. The Bertz CT molecular complexity index is 637. The number of rotatable bonds is 5. The van der Waals surface area contributed by atoms with Crippen molar-refractivity contribution in [1.82, 2.24) is 4.90 Å². The summed E-state index contributed by atoms with van der Waals surface area (Å²) < 4.78 is 46.7. The second-order valence-electron chi connectivity index (χ2n) is 5.87. The van der Waals surface area contributed by atoms with E-state index in [1.807, 2.05) is 0 Å². The summed E-state index contributed by atoms with van der Waals surface area (Å²) >= 11 is 0. The molecule has 1 aromatic rings. The lowest BCUT2D eigenvalue weighted by Crippen LogP contribution is -2.44. The normalized spacial score (nSPS) is 17.5. The maximum Gasteiger partial charge on any atom is 0.422 e. The molecule has 0 bridgehead atoms. The third-order valence-electron chi connectivity index (χ3n) is 3.85. The molecule has 1 unspecified atom stereocenters. The number of alkyl halides is 3. The Hall–Kier alpha value is -2.45. The Morgan fingerprint density at radius 1 is 1.31 bits per heavy atom. The topological polar surface area (TPSA) is 67.9 Å². The highest BCUT2D eigenvalue weighted by molar-refractivity contribution is 5.94. The second kappa shape index (κ2) is 8.77. The number of piperidine rings is 1. The Morgan fingerprint density at radius 3 is 2.73 bits per heavy atom. The van der Waals surface area contributed by atoms with E-state index in [9.17, 15) is 22.8 Å². The summed E-state index contributed by atoms with van der Waals surface area (Å²) in [5, 5.41) is 2.60. The first-order valence-electron chi connectivity index (χ1n) is 8.31. The first-order valence-corrected chi connectivity index (χ1v) is 8.31. The third kappa shape index (κ3) is 5.82. The first kappa shape index (κ1) is 19.9. The lowest BCUT2D eigenvalue weighted by Gasteiger charge is -2.31. The van der Waals surface area contributed by atoms with Gasteiger partial charge in [-0.2, -0.15) is 13.2 Å². The number of hydrogen-bond donors (Lipinski definition) is 1. The minimum atomic E-state index is -4.47. The van der Waals surface area contributed by atoms with Gasteiger partial charge in [-0.3, -0.25) is 4.79 Å². The van der Waals surface area contributed by atoms with Crippen LogP contribution in [-0.2, 0) is 9.53 Å². The van der Waals surface area contributed by atoms with Crippen molar-refractivity contribution in [3.05, 3.63) is 24.3 Å². The summed E-state index contributed by atoms with van der Waals surface area (Å²) in [4.78, 5) is 25.7. The fraction of sp³-hybridized carbons (Fsp3) is 0.529. The van der Waals surface area contributed by atoms with Crippen LogP contribution in [0.5, 0.6) is 5.75 Å². The number of nitrogens with one attached hydrogen (secondary N) is 1. The zero-order valence-electron chi connectivity index (χ0n) is 14.3. The molecule has 0 radical (unpaired) electrons. The molecule has 1 aliphatic heterocycles. The minimum Gasteiger partial charge on any atom is -0.482 e. The third-order valence-corrected chi connectivity index (χ3v) is 3.85. The highest BCUT2D eigenvalue weighted by Gasteiger charge is 2.31. The summed E-state index contributed by atoms with van der Waals surface area (Å²) in [7, 11) is 0. The number of amides is 2. The second-order valence-corrected chi connectivity index (χ2v) is 5.87. The van der Waals surface area contributed by atoms with Crippen LogP contribution in [0.3, 0.4) is 0 Å². The van der Waals surface area contributed by atoms with Crippen LogP contribution in [0.4, 0.5) is 23.7 Å². The number of nitrogens with zero attached hydrogens (tertiary/aromatic N) is 1. The van der Waals surface area contributed by atoms with Crippen molar-refractivity contribution in [2.24, 2.45) is 5.92 Å². The van der Waals surface area contributed by atoms with Gasteiger partial charge < -0.3 is 19.7 Å². The zero-order valence-corrected chi connectivity index (χ0v) is 14.3. The van der Waals surface area contributed by atoms with E-state index in [4.69, 9.17) is 9.47 Å². The van der Waals surface area contributed by atoms with E-state index >= 15 is 0 Å². The summed E-state index contributed by atoms with van der Waals surface area (Å²) in [5.74, 6) is -0.901. The Kier molecular flexibility index (Phi) is 6.70. The number of halogens is 3. The van der Waals surface area contributed by atoms with E-state index < -0.39 is 24.8 Å². The molecular weight excluding hydrogens is 353 g/mol. The van der Waals surface area contributed by atoms with E-state index in [0.717, 1.165) is 0 Å².